The molecule has 0 saturated carbocycles. The first-order chi connectivity index (χ1) is 8.45. The summed E-state index contributed by atoms with van der Waals surface area (Å²) >= 11 is 6.86. The van der Waals surface area contributed by atoms with E-state index >= 15 is 0 Å². The van der Waals surface area contributed by atoms with Crippen LogP contribution in [0.1, 0.15) is 30.6 Å². The fraction of sp³-hybridized carbons (Fsp3) is 0.500. The number of hydrogen-bond donors (Lipinski definition) is 0. The van der Waals surface area contributed by atoms with Gasteiger partial charge in [-0.1, -0.05) is 45.7 Å². The summed E-state index contributed by atoms with van der Waals surface area (Å²) in [7, 11) is 0. The maximum Gasteiger partial charge on any atom is 0.253 e. The monoisotopic (exact) mass is 373 g/mol. The normalized spacial score (nSPS) is 24.1. The van der Waals surface area contributed by atoms with Crippen molar-refractivity contribution in [2.75, 3.05) is 13.1 Å². The summed E-state index contributed by atoms with van der Waals surface area (Å²) in [5, 5.41) is 0. The van der Waals surface area contributed by atoms with Gasteiger partial charge in [0.2, 0.25) is 0 Å². The Morgan fingerprint density at radius 2 is 1.61 bits per heavy atom. The highest BCUT2D eigenvalue weighted by Gasteiger charge is 2.26. The van der Waals surface area contributed by atoms with Crippen LogP contribution in [0.4, 0.5) is 0 Å². The Balaban J connectivity index is 2.20. The molecule has 0 radical (unpaired) electrons. The van der Waals surface area contributed by atoms with E-state index in [-0.39, 0.29) is 5.91 Å². The minimum absolute atomic E-state index is 0.135. The van der Waals surface area contributed by atoms with Gasteiger partial charge in [0.15, 0.2) is 0 Å². The molecule has 98 valence electrons. The van der Waals surface area contributed by atoms with Crippen LogP contribution in [0.15, 0.2) is 27.1 Å². The Morgan fingerprint density at radius 3 is 2.11 bits per heavy atom. The molecular formula is C14H17Br2NO. The van der Waals surface area contributed by atoms with Crippen LogP contribution in [0.5, 0.6) is 0 Å². The highest BCUT2D eigenvalue weighted by molar-refractivity contribution is 9.11. The number of nitrogens with zero attached hydrogens (tertiary/aromatic N) is 1. The van der Waals surface area contributed by atoms with Crippen LogP contribution in [-0.4, -0.2) is 23.9 Å². The van der Waals surface area contributed by atoms with E-state index in [1.54, 1.807) is 0 Å². The van der Waals surface area contributed by atoms with Crippen LogP contribution in [-0.2, 0) is 0 Å². The molecule has 1 aromatic carbocycles. The average Bonchev–Trinajstić information content (AvgIpc) is 2.25. The number of halogens is 2. The molecule has 1 amide bonds. The topological polar surface area (TPSA) is 20.3 Å². The summed E-state index contributed by atoms with van der Waals surface area (Å²) in [4.78, 5) is 14.5. The Morgan fingerprint density at radius 1 is 1.11 bits per heavy atom. The van der Waals surface area contributed by atoms with E-state index < -0.39 is 0 Å². The summed E-state index contributed by atoms with van der Waals surface area (Å²) in [6.45, 7) is 6.17. The fourth-order valence-electron chi connectivity index (χ4n) is 2.69. The maximum atomic E-state index is 12.5. The highest BCUT2D eigenvalue weighted by atomic mass is 79.9. The van der Waals surface area contributed by atoms with Crippen molar-refractivity contribution in [3.05, 3.63) is 32.7 Å². The number of carbonyl (C=O) groups is 1. The number of carbonyl (C=O) groups excluding carboxylic acids is 1. The number of likely N-dealkylation sites (tertiary alicyclic amines) is 1. The highest BCUT2D eigenvalue weighted by Crippen LogP contribution is 2.25. The summed E-state index contributed by atoms with van der Waals surface area (Å²) in [6, 6.07) is 5.71. The van der Waals surface area contributed by atoms with Crippen molar-refractivity contribution in [3.8, 4) is 0 Å². The van der Waals surface area contributed by atoms with E-state index in [0.717, 1.165) is 27.6 Å². The molecule has 4 heteroatoms. The zero-order chi connectivity index (χ0) is 13.3. The SMILES string of the molecule is CC1CC(C)CN(C(=O)c2cc(Br)cc(Br)c2)C1. The van der Waals surface area contributed by atoms with Crippen molar-refractivity contribution in [2.45, 2.75) is 20.3 Å². The predicted molar refractivity (Wildman–Crippen MR) is 80.7 cm³/mol. The lowest BCUT2D eigenvalue weighted by Crippen LogP contribution is -2.42. The molecule has 2 unspecified atom stereocenters. The van der Waals surface area contributed by atoms with Gasteiger partial charge >= 0.3 is 0 Å². The van der Waals surface area contributed by atoms with Crippen LogP contribution in [0.3, 0.4) is 0 Å². The van der Waals surface area contributed by atoms with Crippen molar-refractivity contribution in [1.82, 2.24) is 4.90 Å². The van der Waals surface area contributed by atoms with Gasteiger partial charge in [0.1, 0.15) is 0 Å². The van der Waals surface area contributed by atoms with Crippen LogP contribution in [0, 0.1) is 11.8 Å². The molecule has 1 fully saturated rings. The van der Waals surface area contributed by atoms with Gasteiger partial charge in [0.05, 0.1) is 0 Å². The van der Waals surface area contributed by atoms with E-state index in [0.29, 0.717) is 11.8 Å². The van der Waals surface area contributed by atoms with Crippen molar-refractivity contribution >= 4 is 37.8 Å². The first-order valence-corrected chi connectivity index (χ1v) is 7.79. The minimum Gasteiger partial charge on any atom is -0.338 e. The molecule has 1 heterocycles. The third kappa shape index (κ3) is 3.35. The predicted octanol–water partition coefficient (Wildman–Crippen LogP) is 4.33. The number of amides is 1. The average molecular weight is 375 g/mol. The molecule has 2 atom stereocenters. The van der Waals surface area contributed by atoms with E-state index in [4.69, 9.17) is 0 Å². The van der Waals surface area contributed by atoms with E-state index in [9.17, 15) is 4.79 Å². The van der Waals surface area contributed by atoms with E-state index in [1.807, 2.05) is 23.1 Å². The smallest absolute Gasteiger partial charge is 0.253 e. The van der Waals surface area contributed by atoms with E-state index in [2.05, 4.69) is 45.7 Å². The Bertz CT molecular complexity index is 431. The molecule has 1 aliphatic heterocycles. The molecule has 2 rings (SSSR count). The summed E-state index contributed by atoms with van der Waals surface area (Å²) in [5.74, 6) is 1.32. The second-order valence-electron chi connectivity index (χ2n) is 5.31. The lowest BCUT2D eigenvalue weighted by molar-refractivity contribution is 0.0623. The maximum absolute atomic E-state index is 12.5. The zero-order valence-electron chi connectivity index (χ0n) is 10.6. The van der Waals surface area contributed by atoms with Crippen LogP contribution < -0.4 is 0 Å². The lowest BCUT2D eigenvalue weighted by atomic mass is 9.91. The van der Waals surface area contributed by atoms with Crippen molar-refractivity contribution in [2.24, 2.45) is 11.8 Å². The fourth-order valence-corrected chi connectivity index (χ4v) is 3.98. The second kappa shape index (κ2) is 5.74. The summed E-state index contributed by atoms with van der Waals surface area (Å²) in [6.07, 6.45) is 1.21. The van der Waals surface area contributed by atoms with Gasteiger partial charge in [-0.25, -0.2) is 0 Å². The number of hydrogen-bond acceptors (Lipinski definition) is 1. The molecule has 1 saturated heterocycles. The van der Waals surface area contributed by atoms with Gasteiger partial charge < -0.3 is 4.90 Å². The van der Waals surface area contributed by atoms with Crippen molar-refractivity contribution in [1.29, 1.82) is 0 Å². The van der Waals surface area contributed by atoms with Gasteiger partial charge in [0.25, 0.3) is 5.91 Å². The van der Waals surface area contributed by atoms with Crippen LogP contribution in [0.25, 0.3) is 0 Å². The Kier molecular flexibility index (Phi) is 4.49. The molecule has 1 aromatic rings. The van der Waals surface area contributed by atoms with Gasteiger partial charge in [-0.05, 0) is 36.5 Å². The first kappa shape index (κ1) is 14.1. The quantitative estimate of drug-likeness (QED) is 0.716. The Hall–Kier alpha value is -0.350. The van der Waals surface area contributed by atoms with Crippen LogP contribution in [0.2, 0.25) is 0 Å². The van der Waals surface area contributed by atoms with Crippen molar-refractivity contribution in [3.63, 3.8) is 0 Å². The largest absolute Gasteiger partial charge is 0.338 e. The second-order valence-corrected chi connectivity index (χ2v) is 7.15. The molecule has 0 aliphatic carbocycles. The third-order valence-electron chi connectivity index (χ3n) is 3.27. The minimum atomic E-state index is 0.135. The Labute approximate surface area is 125 Å². The first-order valence-electron chi connectivity index (χ1n) is 6.21. The standard InChI is InChI=1S/C14H17Br2NO/c1-9-3-10(2)8-17(7-9)14(18)11-4-12(15)6-13(16)5-11/h4-6,9-10H,3,7-8H2,1-2H3. The number of benzene rings is 1. The molecule has 18 heavy (non-hydrogen) atoms. The lowest BCUT2D eigenvalue weighted by Gasteiger charge is -2.35. The summed E-state index contributed by atoms with van der Waals surface area (Å²) < 4.78 is 1.86. The van der Waals surface area contributed by atoms with Crippen LogP contribution >= 0.6 is 31.9 Å². The van der Waals surface area contributed by atoms with Gasteiger partial charge in [0, 0.05) is 27.6 Å². The molecule has 2 nitrogen and oxygen atoms in total. The molecule has 0 spiro atoms. The number of piperidine rings is 1. The van der Waals surface area contributed by atoms with E-state index in [1.165, 1.54) is 6.42 Å². The molecular weight excluding hydrogens is 358 g/mol. The zero-order valence-corrected chi connectivity index (χ0v) is 13.8. The van der Waals surface area contributed by atoms with Crippen molar-refractivity contribution < 1.29 is 4.79 Å². The van der Waals surface area contributed by atoms with Gasteiger partial charge in [-0.2, -0.15) is 0 Å². The molecule has 1 aliphatic rings. The molecule has 0 aromatic heterocycles. The van der Waals surface area contributed by atoms with Gasteiger partial charge in [-0.3, -0.25) is 4.79 Å². The van der Waals surface area contributed by atoms with Gasteiger partial charge in [-0.15, -0.1) is 0 Å². The molecule has 0 bridgehead atoms. The molecule has 0 N–H and O–H groups in total. The third-order valence-corrected chi connectivity index (χ3v) is 4.18. The summed E-state index contributed by atoms with van der Waals surface area (Å²) in [5.41, 5.74) is 0.748. The number of rotatable bonds is 1.